The zero-order valence-corrected chi connectivity index (χ0v) is 24.3. The van der Waals surface area contributed by atoms with Crippen molar-refractivity contribution in [3.05, 3.63) is 53.9 Å². The van der Waals surface area contributed by atoms with Crippen LogP contribution in [0, 0.1) is 11.8 Å². The molecule has 0 unspecified atom stereocenters. The summed E-state index contributed by atoms with van der Waals surface area (Å²) < 4.78 is 39.3. The predicted octanol–water partition coefficient (Wildman–Crippen LogP) is 3.69. The van der Waals surface area contributed by atoms with Crippen molar-refractivity contribution in [3.8, 4) is 0 Å². The number of aromatic nitrogens is 2. The molecule has 1 aromatic heterocycles. The van der Waals surface area contributed by atoms with Gasteiger partial charge in [-0.05, 0) is 56.6 Å². The lowest BCUT2D eigenvalue weighted by atomic mass is 9.93. The van der Waals surface area contributed by atoms with Crippen LogP contribution in [0.5, 0.6) is 0 Å². The van der Waals surface area contributed by atoms with Crippen LogP contribution < -0.4 is 10.2 Å². The van der Waals surface area contributed by atoms with Crippen LogP contribution in [0.2, 0.25) is 0 Å². The van der Waals surface area contributed by atoms with Crippen molar-refractivity contribution in [2.24, 2.45) is 11.8 Å². The number of likely N-dealkylation sites (tertiary alicyclic amines) is 2. The first-order chi connectivity index (χ1) is 20.7. The Morgan fingerprint density at radius 3 is 2.14 bits per heavy atom. The number of halogens is 3. The van der Waals surface area contributed by atoms with Gasteiger partial charge in [-0.15, -0.1) is 0 Å². The Kier molecular flexibility index (Phi) is 9.82. The SMILES string of the molecule is O=C(N[C@H](Cc1ccccc1)C(=O)N1CCC(C(=O)N2CCCCC2)CC1)C1CCN(c2nccc(C(F)(F)F)n2)CC1. The first-order valence-corrected chi connectivity index (χ1v) is 15.3. The molecule has 4 heterocycles. The number of piperidine rings is 3. The lowest BCUT2D eigenvalue weighted by Gasteiger charge is -2.37. The quantitative estimate of drug-likeness (QED) is 0.521. The molecule has 43 heavy (non-hydrogen) atoms. The molecule has 3 fully saturated rings. The second-order valence-electron chi connectivity index (χ2n) is 11.7. The van der Waals surface area contributed by atoms with Crippen molar-refractivity contribution in [1.29, 1.82) is 0 Å². The van der Waals surface area contributed by atoms with E-state index in [-0.39, 0.29) is 35.5 Å². The first-order valence-electron chi connectivity index (χ1n) is 15.3. The summed E-state index contributed by atoms with van der Waals surface area (Å²) in [4.78, 5) is 53.2. The van der Waals surface area contributed by atoms with Crippen molar-refractivity contribution < 1.29 is 27.6 Å². The molecule has 3 aliphatic rings. The minimum absolute atomic E-state index is 0.00649. The maximum absolute atomic E-state index is 13.7. The van der Waals surface area contributed by atoms with Gasteiger partial charge in [0, 0.05) is 63.7 Å². The number of hydrogen-bond donors (Lipinski definition) is 1. The van der Waals surface area contributed by atoms with E-state index in [2.05, 4.69) is 15.3 Å². The number of alkyl halides is 3. The third-order valence-electron chi connectivity index (χ3n) is 8.80. The van der Waals surface area contributed by atoms with E-state index in [9.17, 15) is 27.6 Å². The monoisotopic (exact) mass is 600 g/mol. The Hall–Kier alpha value is -3.70. The highest BCUT2D eigenvalue weighted by molar-refractivity contribution is 5.89. The summed E-state index contributed by atoms with van der Waals surface area (Å²) in [6.45, 7) is 3.23. The number of amides is 3. The average Bonchev–Trinajstić information content (AvgIpc) is 3.04. The Balaban J connectivity index is 1.19. The van der Waals surface area contributed by atoms with Crippen LogP contribution in [0.3, 0.4) is 0 Å². The van der Waals surface area contributed by atoms with E-state index in [0.29, 0.717) is 58.3 Å². The maximum atomic E-state index is 13.7. The van der Waals surface area contributed by atoms with Gasteiger partial charge in [-0.1, -0.05) is 30.3 Å². The molecular formula is C31H39F3N6O3. The van der Waals surface area contributed by atoms with Crippen molar-refractivity contribution in [1.82, 2.24) is 25.1 Å². The summed E-state index contributed by atoms with van der Waals surface area (Å²) in [5, 5.41) is 3.00. The van der Waals surface area contributed by atoms with Crippen LogP contribution in [0.15, 0.2) is 42.6 Å². The molecule has 12 heteroatoms. The van der Waals surface area contributed by atoms with Gasteiger partial charge in [0.15, 0.2) is 0 Å². The summed E-state index contributed by atoms with van der Waals surface area (Å²) in [6, 6.07) is 9.60. The van der Waals surface area contributed by atoms with Crippen molar-refractivity contribution in [2.75, 3.05) is 44.2 Å². The minimum Gasteiger partial charge on any atom is -0.344 e. The van der Waals surface area contributed by atoms with Crippen LogP contribution in [0.25, 0.3) is 0 Å². The molecule has 232 valence electrons. The maximum Gasteiger partial charge on any atom is 0.433 e. The standard InChI is InChI=1S/C31H39F3N6O3/c32-31(33,34)26-9-14-35-30(37-26)40-19-10-23(11-20-40)27(41)36-25(21-22-7-3-1-4-8-22)29(43)39-17-12-24(13-18-39)28(42)38-15-5-2-6-16-38/h1,3-4,7-9,14,23-25H,2,5-6,10-13,15-21H2,(H,36,41)/t25-/m1/s1. The molecular weight excluding hydrogens is 561 g/mol. The molecule has 5 rings (SSSR count). The largest absolute Gasteiger partial charge is 0.433 e. The smallest absolute Gasteiger partial charge is 0.344 e. The Bertz CT molecular complexity index is 1250. The van der Waals surface area contributed by atoms with Crippen LogP contribution in [-0.2, 0) is 27.0 Å². The number of hydrogen-bond acceptors (Lipinski definition) is 6. The fraction of sp³-hybridized carbons (Fsp3) is 0.581. The molecule has 1 atom stereocenters. The van der Waals surface area contributed by atoms with Gasteiger partial charge in [-0.25, -0.2) is 9.97 Å². The van der Waals surface area contributed by atoms with Crippen LogP contribution >= 0.6 is 0 Å². The number of nitrogens with zero attached hydrogens (tertiary/aromatic N) is 5. The van der Waals surface area contributed by atoms with E-state index in [0.717, 1.165) is 50.2 Å². The number of anilines is 1. The second kappa shape index (κ2) is 13.7. The fourth-order valence-electron chi connectivity index (χ4n) is 6.28. The average molecular weight is 601 g/mol. The molecule has 0 bridgehead atoms. The number of benzene rings is 1. The second-order valence-corrected chi connectivity index (χ2v) is 11.7. The van der Waals surface area contributed by atoms with Crippen molar-refractivity contribution in [3.63, 3.8) is 0 Å². The summed E-state index contributed by atoms with van der Waals surface area (Å²) in [5.74, 6) is -0.669. The Labute approximate surface area is 249 Å². The Morgan fingerprint density at radius 2 is 1.49 bits per heavy atom. The molecule has 1 N–H and O–H groups in total. The third kappa shape index (κ3) is 7.83. The topological polar surface area (TPSA) is 98.7 Å². The van der Waals surface area contributed by atoms with Gasteiger partial charge in [0.05, 0.1) is 0 Å². The van der Waals surface area contributed by atoms with E-state index in [1.807, 2.05) is 35.2 Å². The molecule has 3 saturated heterocycles. The van der Waals surface area contributed by atoms with Gasteiger partial charge in [0.25, 0.3) is 0 Å². The third-order valence-corrected chi connectivity index (χ3v) is 8.80. The van der Waals surface area contributed by atoms with Gasteiger partial charge < -0.3 is 20.0 Å². The summed E-state index contributed by atoms with van der Waals surface area (Å²) >= 11 is 0. The molecule has 9 nitrogen and oxygen atoms in total. The number of carbonyl (C=O) groups is 3. The molecule has 3 aliphatic heterocycles. The predicted molar refractivity (Wildman–Crippen MR) is 154 cm³/mol. The molecule has 0 aliphatic carbocycles. The van der Waals surface area contributed by atoms with Gasteiger partial charge in [0.1, 0.15) is 11.7 Å². The molecule has 2 aromatic rings. The van der Waals surface area contributed by atoms with Gasteiger partial charge in [0.2, 0.25) is 23.7 Å². The lowest BCUT2D eigenvalue weighted by molar-refractivity contribution is -0.143. The van der Waals surface area contributed by atoms with Crippen LogP contribution in [0.4, 0.5) is 19.1 Å². The van der Waals surface area contributed by atoms with Crippen LogP contribution in [-0.4, -0.2) is 82.8 Å². The highest BCUT2D eigenvalue weighted by Gasteiger charge is 2.36. The van der Waals surface area contributed by atoms with E-state index in [4.69, 9.17) is 0 Å². The molecule has 0 radical (unpaired) electrons. The summed E-state index contributed by atoms with van der Waals surface area (Å²) in [6.07, 6.45) is 2.16. The number of nitrogens with one attached hydrogen (secondary N) is 1. The molecule has 0 spiro atoms. The molecule has 0 saturated carbocycles. The zero-order chi connectivity index (χ0) is 30.4. The first kappa shape index (κ1) is 30.7. The van der Waals surface area contributed by atoms with E-state index >= 15 is 0 Å². The van der Waals surface area contributed by atoms with Gasteiger partial charge in [-0.3, -0.25) is 14.4 Å². The normalized spacial score (nSPS) is 19.7. The highest BCUT2D eigenvalue weighted by Crippen LogP contribution is 2.29. The fourth-order valence-corrected chi connectivity index (χ4v) is 6.28. The minimum atomic E-state index is -4.56. The molecule has 1 aromatic carbocycles. The van der Waals surface area contributed by atoms with Gasteiger partial charge >= 0.3 is 6.18 Å². The van der Waals surface area contributed by atoms with Crippen LogP contribution in [0.1, 0.15) is 56.2 Å². The Morgan fingerprint density at radius 1 is 0.837 bits per heavy atom. The summed E-state index contributed by atoms with van der Waals surface area (Å²) in [7, 11) is 0. The van der Waals surface area contributed by atoms with E-state index in [1.165, 1.54) is 0 Å². The molecule has 3 amide bonds. The van der Waals surface area contributed by atoms with Gasteiger partial charge in [-0.2, -0.15) is 13.2 Å². The number of carbonyl (C=O) groups excluding carboxylic acids is 3. The highest BCUT2D eigenvalue weighted by atomic mass is 19.4. The van der Waals surface area contributed by atoms with Crippen molar-refractivity contribution >= 4 is 23.7 Å². The number of rotatable bonds is 7. The van der Waals surface area contributed by atoms with E-state index in [1.54, 1.807) is 9.80 Å². The van der Waals surface area contributed by atoms with E-state index < -0.39 is 17.9 Å². The lowest BCUT2D eigenvalue weighted by Crippen LogP contribution is -2.54. The van der Waals surface area contributed by atoms with Crippen molar-refractivity contribution in [2.45, 2.75) is 63.6 Å². The summed E-state index contributed by atoms with van der Waals surface area (Å²) in [5.41, 5.74) is -0.0765. The zero-order valence-electron chi connectivity index (χ0n) is 24.3.